The number of hydrogen-bond donors (Lipinski definition) is 0. The number of esters is 1. The molecule has 2 saturated carbocycles. The Morgan fingerprint density at radius 3 is 2.47 bits per heavy atom. The van der Waals surface area contributed by atoms with Gasteiger partial charge >= 0.3 is 5.97 Å². The van der Waals surface area contributed by atoms with Gasteiger partial charge in [-0.1, -0.05) is 27.4 Å². The first-order valence-corrected chi connectivity index (χ1v) is 7.23. The molecule has 3 heteroatoms. The third-order valence-corrected chi connectivity index (χ3v) is 5.70. The van der Waals surface area contributed by atoms with Crippen LogP contribution in [0.2, 0.25) is 0 Å². The molecular weight excluding hydrogens is 240 g/mol. The quantitative estimate of drug-likeness (QED) is 0.435. The molecule has 0 aromatic carbocycles. The number of fused-ring (bicyclic) bond motifs is 2. The summed E-state index contributed by atoms with van der Waals surface area (Å²) in [6, 6.07) is 0. The first-order valence-electron chi connectivity index (χ1n) is 7.23. The number of carbonyl (C=O) groups is 1. The lowest BCUT2D eigenvalue weighted by molar-refractivity contribution is -0.142. The van der Waals surface area contributed by atoms with Gasteiger partial charge in [0.25, 0.3) is 0 Å². The van der Waals surface area contributed by atoms with Crippen LogP contribution in [0, 0.1) is 16.7 Å². The average Bonchev–Trinajstić information content (AvgIpc) is 2.66. The predicted molar refractivity (Wildman–Crippen MR) is 74.7 cm³/mol. The van der Waals surface area contributed by atoms with Gasteiger partial charge in [-0.05, 0) is 42.9 Å². The highest BCUT2D eigenvalue weighted by molar-refractivity contribution is 5.86. The smallest absolute Gasteiger partial charge is 0.333 e. The summed E-state index contributed by atoms with van der Waals surface area (Å²) in [5.74, 6) is 0.448. The van der Waals surface area contributed by atoms with E-state index < -0.39 is 0 Å². The molecule has 19 heavy (non-hydrogen) atoms. The van der Waals surface area contributed by atoms with E-state index >= 15 is 0 Å². The third kappa shape index (κ3) is 2.33. The van der Waals surface area contributed by atoms with Gasteiger partial charge in [-0.3, -0.25) is 0 Å². The van der Waals surface area contributed by atoms with E-state index in [-0.39, 0.29) is 11.4 Å². The van der Waals surface area contributed by atoms with E-state index in [0.29, 0.717) is 30.3 Å². The fraction of sp³-hybridized carbons (Fsp3) is 0.812. The summed E-state index contributed by atoms with van der Waals surface area (Å²) in [4.78, 5) is 11.3. The minimum absolute atomic E-state index is 0.274. The molecule has 2 aliphatic carbocycles. The van der Waals surface area contributed by atoms with Gasteiger partial charge in [0.2, 0.25) is 0 Å². The molecule has 0 saturated heterocycles. The Hall–Kier alpha value is -0.830. The molecule has 0 spiro atoms. The van der Waals surface area contributed by atoms with Crippen LogP contribution in [0.15, 0.2) is 12.2 Å². The summed E-state index contributed by atoms with van der Waals surface area (Å²) >= 11 is 0. The fourth-order valence-electron chi connectivity index (χ4n) is 3.83. The lowest BCUT2D eigenvalue weighted by Crippen LogP contribution is -2.37. The molecule has 2 fully saturated rings. The summed E-state index contributed by atoms with van der Waals surface area (Å²) in [6.07, 6.45) is 4.04. The summed E-state index contributed by atoms with van der Waals surface area (Å²) < 4.78 is 11.1. The molecule has 3 atom stereocenters. The van der Waals surface area contributed by atoms with Gasteiger partial charge < -0.3 is 9.47 Å². The zero-order chi connectivity index (χ0) is 14.3. The maximum atomic E-state index is 11.3. The van der Waals surface area contributed by atoms with Crippen LogP contribution in [0.25, 0.3) is 0 Å². The van der Waals surface area contributed by atoms with Crippen molar-refractivity contribution in [3.8, 4) is 0 Å². The lowest BCUT2D eigenvalue weighted by Gasteiger charge is -2.38. The van der Waals surface area contributed by atoms with Crippen molar-refractivity contribution in [2.45, 2.75) is 53.1 Å². The van der Waals surface area contributed by atoms with Gasteiger partial charge in [0.1, 0.15) is 6.61 Å². The number of rotatable bonds is 5. The Morgan fingerprint density at radius 2 is 2.00 bits per heavy atom. The van der Waals surface area contributed by atoms with Gasteiger partial charge in [0, 0.05) is 5.57 Å². The predicted octanol–water partition coefficient (Wildman–Crippen LogP) is 3.34. The maximum Gasteiger partial charge on any atom is 0.333 e. The monoisotopic (exact) mass is 266 g/mol. The molecule has 2 aliphatic rings. The van der Waals surface area contributed by atoms with Crippen molar-refractivity contribution in [1.29, 1.82) is 0 Å². The molecular formula is C16H26O3. The van der Waals surface area contributed by atoms with Gasteiger partial charge in [0.05, 0.1) is 12.7 Å². The molecule has 0 aromatic rings. The molecule has 0 aliphatic heterocycles. The number of ether oxygens (including phenoxy) is 2. The Bertz CT molecular complexity index is 385. The van der Waals surface area contributed by atoms with Crippen molar-refractivity contribution in [3.05, 3.63) is 12.2 Å². The maximum absolute atomic E-state index is 11.3. The highest BCUT2D eigenvalue weighted by Crippen LogP contribution is 2.66. The standard InChI is InChI=1S/C16H26O3/c1-11(2)14(17)19-9-8-18-13-10-12-6-7-16(13,5)15(12,3)4/h12-13H,1,6-10H2,2-5H3. The van der Waals surface area contributed by atoms with Crippen molar-refractivity contribution in [3.63, 3.8) is 0 Å². The van der Waals surface area contributed by atoms with Crippen molar-refractivity contribution in [2.24, 2.45) is 16.7 Å². The number of hydrogen-bond acceptors (Lipinski definition) is 3. The van der Waals surface area contributed by atoms with Crippen LogP contribution in [0.1, 0.15) is 47.0 Å². The Kier molecular flexibility index (Phi) is 3.78. The highest BCUT2D eigenvalue weighted by Gasteiger charge is 2.61. The summed E-state index contributed by atoms with van der Waals surface area (Å²) in [7, 11) is 0. The highest BCUT2D eigenvalue weighted by atomic mass is 16.6. The number of carbonyl (C=O) groups excluding carboxylic acids is 1. The van der Waals surface area contributed by atoms with E-state index in [1.165, 1.54) is 12.8 Å². The average molecular weight is 266 g/mol. The topological polar surface area (TPSA) is 35.5 Å². The first kappa shape index (κ1) is 14.6. The molecule has 0 aromatic heterocycles. The van der Waals surface area contributed by atoms with E-state index in [4.69, 9.17) is 9.47 Å². The van der Waals surface area contributed by atoms with Gasteiger partial charge in [-0.15, -0.1) is 0 Å². The molecule has 3 unspecified atom stereocenters. The molecule has 2 bridgehead atoms. The Balaban J connectivity index is 1.80. The van der Waals surface area contributed by atoms with E-state index in [9.17, 15) is 4.79 Å². The largest absolute Gasteiger partial charge is 0.460 e. The molecule has 0 amide bonds. The van der Waals surface area contributed by atoms with Gasteiger partial charge in [-0.2, -0.15) is 0 Å². The van der Waals surface area contributed by atoms with Crippen LogP contribution in [0.5, 0.6) is 0 Å². The summed E-state index contributed by atoms with van der Waals surface area (Å²) in [6.45, 7) is 13.1. The van der Waals surface area contributed by atoms with Crippen LogP contribution in [0.3, 0.4) is 0 Å². The van der Waals surface area contributed by atoms with Crippen molar-refractivity contribution < 1.29 is 14.3 Å². The molecule has 108 valence electrons. The first-order chi connectivity index (χ1) is 8.79. The SMILES string of the molecule is C=C(C)C(=O)OCCOC1CC2CCC1(C)C2(C)C. The van der Waals surface area contributed by atoms with Gasteiger partial charge in [-0.25, -0.2) is 4.79 Å². The van der Waals surface area contributed by atoms with Crippen molar-refractivity contribution in [1.82, 2.24) is 0 Å². The van der Waals surface area contributed by atoms with E-state index in [0.717, 1.165) is 12.3 Å². The van der Waals surface area contributed by atoms with Gasteiger partial charge in [0.15, 0.2) is 0 Å². The lowest BCUT2D eigenvalue weighted by atomic mass is 9.70. The minimum Gasteiger partial charge on any atom is -0.460 e. The molecule has 0 heterocycles. The second-order valence-corrected chi connectivity index (χ2v) is 6.89. The molecule has 0 N–H and O–H groups in total. The Morgan fingerprint density at radius 1 is 1.32 bits per heavy atom. The molecule has 0 radical (unpaired) electrons. The second kappa shape index (κ2) is 4.93. The van der Waals surface area contributed by atoms with Crippen LogP contribution < -0.4 is 0 Å². The molecule has 2 rings (SSSR count). The normalized spacial score (nSPS) is 35.4. The van der Waals surface area contributed by atoms with E-state index in [1.54, 1.807) is 6.92 Å². The third-order valence-electron chi connectivity index (χ3n) is 5.70. The zero-order valence-corrected chi connectivity index (χ0v) is 12.6. The van der Waals surface area contributed by atoms with Crippen LogP contribution in [0.4, 0.5) is 0 Å². The van der Waals surface area contributed by atoms with E-state index in [1.807, 2.05) is 0 Å². The van der Waals surface area contributed by atoms with E-state index in [2.05, 4.69) is 27.4 Å². The zero-order valence-electron chi connectivity index (χ0n) is 12.6. The summed E-state index contributed by atoms with van der Waals surface area (Å²) in [5, 5.41) is 0. The molecule has 3 nitrogen and oxygen atoms in total. The van der Waals surface area contributed by atoms with Crippen LogP contribution in [-0.2, 0) is 14.3 Å². The Labute approximate surface area is 116 Å². The summed E-state index contributed by atoms with van der Waals surface area (Å²) in [5.41, 5.74) is 1.08. The van der Waals surface area contributed by atoms with Crippen LogP contribution in [-0.4, -0.2) is 25.3 Å². The van der Waals surface area contributed by atoms with Crippen molar-refractivity contribution in [2.75, 3.05) is 13.2 Å². The minimum atomic E-state index is -0.330. The van der Waals surface area contributed by atoms with Crippen molar-refractivity contribution >= 4 is 5.97 Å². The second-order valence-electron chi connectivity index (χ2n) is 6.89. The fourth-order valence-corrected chi connectivity index (χ4v) is 3.83. The van der Waals surface area contributed by atoms with Crippen LogP contribution >= 0.6 is 0 Å².